The average Bonchev–Trinajstić information content (AvgIpc) is 3.22. The molecule has 1 aromatic carbocycles. The number of nitrogens with zero attached hydrogens (tertiary/aromatic N) is 5. The molecule has 28 heavy (non-hydrogen) atoms. The van der Waals surface area contributed by atoms with Crippen molar-refractivity contribution in [1.29, 1.82) is 0 Å². The van der Waals surface area contributed by atoms with Crippen LogP contribution < -0.4 is 5.10 Å². The van der Waals surface area contributed by atoms with E-state index in [0.29, 0.717) is 0 Å². The molecule has 3 heterocycles. The van der Waals surface area contributed by atoms with Gasteiger partial charge < -0.3 is 15.1 Å². The van der Waals surface area contributed by atoms with Crippen LogP contribution in [0.5, 0.6) is 0 Å². The molecule has 3 aromatic heterocycles. The summed E-state index contributed by atoms with van der Waals surface area (Å²) in [5.41, 5.74) is 2.27. The number of aromatic nitrogens is 5. The minimum Gasteiger partial charge on any atom is -0.413 e. The van der Waals surface area contributed by atoms with Gasteiger partial charge in [0.25, 0.3) is 0 Å². The third-order valence-corrected chi connectivity index (χ3v) is 3.25. The van der Waals surface area contributed by atoms with E-state index in [-0.39, 0.29) is 32.6 Å². The molecule has 4 rings (SSSR count). The van der Waals surface area contributed by atoms with E-state index in [0.717, 1.165) is 11.3 Å². The van der Waals surface area contributed by atoms with Gasteiger partial charge in [-0.3, -0.25) is 10.1 Å². The van der Waals surface area contributed by atoms with E-state index < -0.39 is 12.0 Å². The van der Waals surface area contributed by atoms with Gasteiger partial charge >= 0.3 is 27.2 Å². The minimum absolute atomic E-state index is 0. The minimum atomic E-state index is -4.57. The molecule has 144 valence electrons. The summed E-state index contributed by atoms with van der Waals surface area (Å²) < 4.78 is 36.4. The van der Waals surface area contributed by atoms with Crippen LogP contribution in [0, 0.1) is 6.07 Å². The molecule has 0 N–H and O–H groups in total. The number of rotatable bonds is 2. The van der Waals surface area contributed by atoms with E-state index >= 15 is 0 Å². The van der Waals surface area contributed by atoms with Crippen molar-refractivity contribution in [2.75, 3.05) is 0 Å². The van der Waals surface area contributed by atoms with Crippen molar-refractivity contribution < 1.29 is 34.2 Å². The van der Waals surface area contributed by atoms with Crippen molar-refractivity contribution in [3.8, 4) is 22.8 Å². The zero-order valence-corrected chi connectivity index (χ0v) is 16.4. The number of halogens is 3. The van der Waals surface area contributed by atoms with Crippen molar-refractivity contribution in [2.24, 2.45) is 0 Å². The molecule has 4 aromatic rings. The maximum atomic E-state index is 12.1. The third kappa shape index (κ3) is 5.82. The molecule has 0 saturated carbocycles. The molecule has 0 spiro atoms. The molecule has 0 amide bonds. The van der Waals surface area contributed by atoms with E-state index in [1.54, 1.807) is 18.3 Å². The fraction of sp³-hybridized carbons (Fsp3) is 0.0526. The Morgan fingerprint density at radius 1 is 0.821 bits per heavy atom. The van der Waals surface area contributed by atoms with Gasteiger partial charge in [-0.1, -0.05) is 18.2 Å². The molecule has 0 radical (unpaired) electrons. The maximum absolute atomic E-state index is 12.1. The molecule has 0 unspecified atom stereocenters. The second-order valence-electron chi connectivity index (χ2n) is 5.16. The van der Waals surface area contributed by atoms with Gasteiger partial charge in [-0.2, -0.15) is 13.2 Å². The van der Waals surface area contributed by atoms with Gasteiger partial charge in [-0.25, -0.2) is 0 Å². The molecule has 5 nitrogen and oxygen atoms in total. The van der Waals surface area contributed by atoms with Crippen molar-refractivity contribution in [2.45, 2.75) is 6.18 Å². The first kappa shape index (κ1) is 21.4. The summed E-state index contributed by atoms with van der Waals surface area (Å²) in [6.07, 6.45) is -1.34. The number of hydrogen-bond donors (Lipinski definition) is 0. The zero-order valence-electron chi connectivity index (χ0n) is 14.1. The second kappa shape index (κ2) is 9.90. The maximum Gasteiger partial charge on any atom is 2.00 e. The van der Waals surface area contributed by atoms with Crippen LogP contribution in [0.3, 0.4) is 0 Å². The van der Waals surface area contributed by atoms with Crippen LogP contribution in [0.4, 0.5) is 13.2 Å². The van der Waals surface area contributed by atoms with E-state index in [4.69, 9.17) is 0 Å². The Morgan fingerprint density at radius 3 is 1.96 bits per heavy atom. The Morgan fingerprint density at radius 2 is 1.46 bits per heavy atom. The fourth-order valence-electron chi connectivity index (χ4n) is 2.04. The molecule has 0 aliphatic carbocycles. The third-order valence-electron chi connectivity index (χ3n) is 3.25. The van der Waals surface area contributed by atoms with E-state index in [1.165, 1.54) is 12.3 Å². The predicted molar refractivity (Wildman–Crippen MR) is 92.1 cm³/mol. The number of benzene rings is 1. The van der Waals surface area contributed by atoms with Crippen LogP contribution in [0.1, 0.15) is 5.82 Å². The molecule has 0 aliphatic rings. The van der Waals surface area contributed by atoms with Crippen LogP contribution >= 0.6 is 0 Å². The summed E-state index contributed by atoms with van der Waals surface area (Å²) in [7, 11) is 0. The number of pyridine rings is 2. The molecular weight excluding hydrogens is 550 g/mol. The van der Waals surface area contributed by atoms with E-state index in [9.17, 15) is 13.2 Å². The molecule has 0 atom stereocenters. The Labute approximate surface area is 173 Å². The SMILES string of the molecule is FC(F)(F)c1n[n-]c(-c2ccccn2)n1.[Pt+2].[c-]1ccccc1-c1ccccn1. The molecular formula is C19H12F3N5Pt. The normalized spacial score (nSPS) is 10.4. The van der Waals surface area contributed by atoms with Gasteiger partial charge in [0.2, 0.25) is 0 Å². The van der Waals surface area contributed by atoms with Crippen LogP contribution in [-0.4, -0.2) is 20.1 Å². The van der Waals surface area contributed by atoms with Gasteiger partial charge in [-0.15, -0.1) is 35.9 Å². The topological polar surface area (TPSA) is 65.7 Å². The summed E-state index contributed by atoms with van der Waals surface area (Å²) >= 11 is 0. The number of hydrogen-bond acceptors (Lipinski definition) is 4. The molecule has 0 saturated heterocycles. The Hall–Kier alpha value is -2.86. The van der Waals surface area contributed by atoms with Crippen molar-refractivity contribution in [3.05, 3.63) is 84.9 Å². The first-order valence-electron chi connectivity index (χ1n) is 7.78. The quantitative estimate of drug-likeness (QED) is 0.345. The van der Waals surface area contributed by atoms with Crippen LogP contribution in [0.2, 0.25) is 0 Å². The zero-order chi connectivity index (χ0) is 19.1. The summed E-state index contributed by atoms with van der Waals surface area (Å²) in [6.45, 7) is 0. The smallest absolute Gasteiger partial charge is 0.413 e. The Kier molecular flexibility index (Phi) is 7.58. The van der Waals surface area contributed by atoms with Gasteiger partial charge in [0, 0.05) is 12.4 Å². The van der Waals surface area contributed by atoms with E-state index in [2.05, 4.69) is 31.2 Å². The van der Waals surface area contributed by atoms with Crippen LogP contribution in [0.15, 0.2) is 73.1 Å². The first-order chi connectivity index (χ1) is 13.0. The molecule has 0 bridgehead atoms. The van der Waals surface area contributed by atoms with Crippen LogP contribution in [0.25, 0.3) is 22.8 Å². The standard InChI is InChI=1S/C11H8N.C8H4F3N4.Pt/c1-2-6-10(7-3-1)11-8-4-5-9-12-11;9-8(10,11)7-13-6(14-15-7)5-3-1-2-4-12-5;/h1-6,8-9H;1-4H;/q2*-1;+2. The number of alkyl halides is 3. The first-order valence-corrected chi connectivity index (χ1v) is 7.78. The molecule has 9 heteroatoms. The summed E-state index contributed by atoms with van der Waals surface area (Å²) in [5.74, 6) is -1.37. The van der Waals surface area contributed by atoms with Gasteiger partial charge in [0.15, 0.2) is 0 Å². The van der Waals surface area contributed by atoms with Gasteiger partial charge in [0.1, 0.15) is 5.82 Å². The Balaban J connectivity index is 0.000000198. The second-order valence-corrected chi connectivity index (χ2v) is 5.16. The van der Waals surface area contributed by atoms with Gasteiger partial charge in [-0.05, 0) is 29.7 Å². The predicted octanol–water partition coefficient (Wildman–Crippen LogP) is 4.06. The fourth-order valence-corrected chi connectivity index (χ4v) is 2.04. The van der Waals surface area contributed by atoms with E-state index in [1.807, 2.05) is 42.5 Å². The van der Waals surface area contributed by atoms with Crippen molar-refractivity contribution in [1.82, 2.24) is 25.1 Å². The Bertz CT molecular complexity index is 924. The molecule has 0 fully saturated rings. The summed E-state index contributed by atoms with van der Waals surface area (Å²) in [4.78, 5) is 11.3. The van der Waals surface area contributed by atoms with Gasteiger partial charge in [0.05, 0.1) is 5.69 Å². The largest absolute Gasteiger partial charge is 2.00 e. The summed E-state index contributed by atoms with van der Waals surface area (Å²) in [5, 5.41) is 6.25. The monoisotopic (exact) mass is 562 g/mol. The van der Waals surface area contributed by atoms with Crippen molar-refractivity contribution >= 4 is 0 Å². The van der Waals surface area contributed by atoms with Crippen LogP contribution in [-0.2, 0) is 27.2 Å². The summed E-state index contributed by atoms with van der Waals surface area (Å²) in [6, 6.07) is 21.6. The van der Waals surface area contributed by atoms with Crippen molar-refractivity contribution in [3.63, 3.8) is 0 Å². The molecule has 0 aliphatic heterocycles. The average molecular weight is 562 g/mol.